The molecule has 3 amide bonds. The van der Waals surface area contributed by atoms with E-state index < -0.39 is 5.91 Å². The summed E-state index contributed by atoms with van der Waals surface area (Å²) < 4.78 is 0. The third-order valence-corrected chi connectivity index (χ3v) is 1.66. The Kier molecular flexibility index (Phi) is 5.21. The SMILES string of the molecule is C=CC(=O)N(CCC(=O)NC)C(C)=O. The highest BCUT2D eigenvalue weighted by molar-refractivity contribution is 6.00. The maximum absolute atomic E-state index is 11.1. The van der Waals surface area contributed by atoms with Crippen LogP contribution in [0.2, 0.25) is 0 Å². The second kappa shape index (κ2) is 5.90. The van der Waals surface area contributed by atoms with Gasteiger partial charge >= 0.3 is 0 Å². The molecular formula is C9H14N2O3. The van der Waals surface area contributed by atoms with E-state index in [2.05, 4.69) is 11.9 Å². The molecule has 0 aliphatic rings. The standard InChI is InChI=1S/C9H14N2O3/c1-4-9(14)11(7(2)12)6-5-8(13)10-3/h4H,1,5-6H2,2-3H3,(H,10,13). The molecule has 0 atom stereocenters. The summed E-state index contributed by atoms with van der Waals surface area (Å²) in [6.45, 7) is 4.62. The van der Waals surface area contributed by atoms with E-state index in [9.17, 15) is 14.4 Å². The number of nitrogens with one attached hydrogen (secondary N) is 1. The maximum atomic E-state index is 11.1. The molecule has 0 heterocycles. The molecule has 0 radical (unpaired) electrons. The Labute approximate surface area is 82.8 Å². The Morgan fingerprint density at radius 3 is 2.36 bits per heavy atom. The molecule has 0 unspecified atom stereocenters. The summed E-state index contributed by atoms with van der Waals surface area (Å²) in [6, 6.07) is 0. The van der Waals surface area contributed by atoms with Gasteiger partial charge in [-0.3, -0.25) is 19.3 Å². The van der Waals surface area contributed by atoms with Crippen molar-refractivity contribution >= 4 is 17.7 Å². The van der Waals surface area contributed by atoms with Crippen LogP contribution < -0.4 is 5.32 Å². The lowest BCUT2D eigenvalue weighted by atomic mass is 10.3. The van der Waals surface area contributed by atoms with E-state index in [0.29, 0.717) is 0 Å². The van der Waals surface area contributed by atoms with Crippen molar-refractivity contribution < 1.29 is 14.4 Å². The van der Waals surface area contributed by atoms with Crippen LogP contribution in [0.25, 0.3) is 0 Å². The van der Waals surface area contributed by atoms with Crippen LogP contribution in [0.15, 0.2) is 12.7 Å². The van der Waals surface area contributed by atoms with Gasteiger partial charge in [0.15, 0.2) is 0 Å². The highest BCUT2D eigenvalue weighted by atomic mass is 16.2. The number of amides is 3. The molecule has 1 N–H and O–H groups in total. The number of carbonyl (C=O) groups excluding carboxylic acids is 3. The molecule has 0 rings (SSSR count). The van der Waals surface area contributed by atoms with E-state index in [-0.39, 0.29) is 24.8 Å². The second-order valence-corrected chi connectivity index (χ2v) is 2.64. The highest BCUT2D eigenvalue weighted by Crippen LogP contribution is 1.95. The largest absolute Gasteiger partial charge is 0.359 e. The van der Waals surface area contributed by atoms with Crippen LogP contribution in [0.5, 0.6) is 0 Å². The van der Waals surface area contributed by atoms with Gasteiger partial charge in [-0.2, -0.15) is 0 Å². The van der Waals surface area contributed by atoms with Gasteiger partial charge in [0, 0.05) is 26.9 Å². The van der Waals surface area contributed by atoms with Crippen molar-refractivity contribution in [2.45, 2.75) is 13.3 Å². The molecule has 5 nitrogen and oxygen atoms in total. The summed E-state index contributed by atoms with van der Waals surface area (Å²) in [4.78, 5) is 33.9. The number of nitrogens with zero attached hydrogens (tertiary/aromatic N) is 1. The van der Waals surface area contributed by atoms with Gasteiger partial charge in [0.25, 0.3) is 5.91 Å². The third kappa shape index (κ3) is 3.84. The minimum Gasteiger partial charge on any atom is -0.359 e. The minimum atomic E-state index is -0.485. The van der Waals surface area contributed by atoms with Crippen LogP contribution in [-0.4, -0.2) is 36.2 Å². The molecule has 78 valence electrons. The molecule has 0 bridgehead atoms. The third-order valence-electron chi connectivity index (χ3n) is 1.66. The Bertz CT molecular complexity index is 261. The normalized spacial score (nSPS) is 9.00. The lowest BCUT2D eigenvalue weighted by molar-refractivity contribution is -0.140. The predicted octanol–water partition coefficient (Wildman–Crippen LogP) is -0.316. The predicted molar refractivity (Wildman–Crippen MR) is 51.3 cm³/mol. The van der Waals surface area contributed by atoms with Crippen LogP contribution in [0.4, 0.5) is 0 Å². The van der Waals surface area contributed by atoms with Crippen LogP contribution in [0.1, 0.15) is 13.3 Å². The molecule has 5 heteroatoms. The first kappa shape index (κ1) is 12.3. The van der Waals surface area contributed by atoms with Gasteiger partial charge in [0.1, 0.15) is 0 Å². The van der Waals surface area contributed by atoms with Crippen LogP contribution in [0.3, 0.4) is 0 Å². The van der Waals surface area contributed by atoms with Crippen molar-refractivity contribution in [3.63, 3.8) is 0 Å². The fourth-order valence-corrected chi connectivity index (χ4v) is 0.871. The molecule has 0 saturated heterocycles. The average molecular weight is 198 g/mol. The number of hydrogen-bond acceptors (Lipinski definition) is 3. The van der Waals surface area contributed by atoms with E-state index in [1.807, 2.05) is 0 Å². The zero-order valence-corrected chi connectivity index (χ0v) is 8.37. The molecule has 0 aliphatic carbocycles. The van der Waals surface area contributed by atoms with Gasteiger partial charge in [0.2, 0.25) is 11.8 Å². The van der Waals surface area contributed by atoms with Gasteiger partial charge < -0.3 is 5.32 Å². The number of imide groups is 1. The van der Waals surface area contributed by atoms with E-state index >= 15 is 0 Å². The van der Waals surface area contributed by atoms with Gasteiger partial charge in [-0.15, -0.1) is 0 Å². The monoisotopic (exact) mass is 198 g/mol. The molecule has 0 spiro atoms. The molecule has 0 saturated carbocycles. The maximum Gasteiger partial charge on any atom is 0.252 e. The Balaban J connectivity index is 4.25. The topological polar surface area (TPSA) is 66.5 Å². The zero-order valence-electron chi connectivity index (χ0n) is 8.37. The summed E-state index contributed by atoms with van der Waals surface area (Å²) in [5.74, 6) is -1.09. The summed E-state index contributed by atoms with van der Waals surface area (Å²) in [6.07, 6.45) is 1.15. The second-order valence-electron chi connectivity index (χ2n) is 2.64. The summed E-state index contributed by atoms with van der Waals surface area (Å²) in [7, 11) is 1.50. The van der Waals surface area contributed by atoms with Gasteiger partial charge in [0.05, 0.1) is 0 Å². The summed E-state index contributed by atoms with van der Waals surface area (Å²) >= 11 is 0. The lowest BCUT2D eigenvalue weighted by Gasteiger charge is -2.16. The smallest absolute Gasteiger partial charge is 0.252 e. The Morgan fingerprint density at radius 1 is 1.43 bits per heavy atom. The van der Waals surface area contributed by atoms with Crippen LogP contribution in [-0.2, 0) is 14.4 Å². The van der Waals surface area contributed by atoms with E-state index in [1.54, 1.807) is 0 Å². The lowest BCUT2D eigenvalue weighted by Crippen LogP contribution is -2.36. The van der Waals surface area contributed by atoms with E-state index in [0.717, 1.165) is 11.0 Å². The van der Waals surface area contributed by atoms with Crippen molar-refractivity contribution in [1.82, 2.24) is 10.2 Å². The molecule has 0 aromatic heterocycles. The Morgan fingerprint density at radius 2 is 2.00 bits per heavy atom. The number of rotatable bonds is 4. The number of hydrogen-bond donors (Lipinski definition) is 1. The first-order valence-electron chi connectivity index (χ1n) is 4.18. The van der Waals surface area contributed by atoms with E-state index in [1.165, 1.54) is 14.0 Å². The molecule has 0 aliphatic heterocycles. The zero-order chi connectivity index (χ0) is 11.1. The molecule has 0 aromatic carbocycles. The molecule has 0 aromatic rings. The van der Waals surface area contributed by atoms with Crippen LogP contribution >= 0.6 is 0 Å². The Hall–Kier alpha value is -1.65. The van der Waals surface area contributed by atoms with Crippen molar-refractivity contribution in [2.24, 2.45) is 0 Å². The quantitative estimate of drug-likeness (QED) is 0.630. The minimum absolute atomic E-state index is 0.0832. The van der Waals surface area contributed by atoms with Crippen molar-refractivity contribution in [2.75, 3.05) is 13.6 Å². The highest BCUT2D eigenvalue weighted by Gasteiger charge is 2.15. The average Bonchev–Trinajstić information content (AvgIpc) is 2.16. The molecule has 14 heavy (non-hydrogen) atoms. The van der Waals surface area contributed by atoms with E-state index in [4.69, 9.17) is 0 Å². The molecule has 0 fully saturated rings. The van der Waals surface area contributed by atoms with Gasteiger partial charge in [-0.1, -0.05) is 6.58 Å². The van der Waals surface area contributed by atoms with Gasteiger partial charge in [-0.05, 0) is 6.08 Å². The first-order chi connectivity index (χ1) is 6.52. The summed E-state index contributed by atoms with van der Waals surface area (Å²) in [5, 5.41) is 2.40. The van der Waals surface area contributed by atoms with Crippen molar-refractivity contribution in [3.8, 4) is 0 Å². The molecular weight excluding hydrogens is 184 g/mol. The van der Waals surface area contributed by atoms with Crippen molar-refractivity contribution in [1.29, 1.82) is 0 Å². The van der Waals surface area contributed by atoms with Gasteiger partial charge in [-0.25, -0.2) is 0 Å². The fraction of sp³-hybridized carbons (Fsp3) is 0.444. The number of carbonyl (C=O) groups is 3. The van der Waals surface area contributed by atoms with Crippen LogP contribution in [0, 0.1) is 0 Å². The fourth-order valence-electron chi connectivity index (χ4n) is 0.871. The summed E-state index contributed by atoms with van der Waals surface area (Å²) in [5.41, 5.74) is 0. The first-order valence-corrected chi connectivity index (χ1v) is 4.18. The van der Waals surface area contributed by atoms with Crippen molar-refractivity contribution in [3.05, 3.63) is 12.7 Å².